The van der Waals surface area contributed by atoms with E-state index < -0.39 is 51.0 Å². The number of carboxylic acid groups (broad SMARTS) is 1. The third kappa shape index (κ3) is 7.76. The second kappa shape index (κ2) is 10.5. The molecular formula is C22H26FNO6S. The molecule has 0 aliphatic rings. The summed E-state index contributed by atoms with van der Waals surface area (Å²) in [7, 11) is -3.82. The molecule has 168 valence electrons. The van der Waals surface area contributed by atoms with Crippen LogP contribution in [0.4, 0.5) is 4.39 Å². The summed E-state index contributed by atoms with van der Waals surface area (Å²) >= 11 is 0. The van der Waals surface area contributed by atoms with Gasteiger partial charge in [0, 0.05) is 5.92 Å². The number of hydroxylamine groups is 2. The van der Waals surface area contributed by atoms with Gasteiger partial charge in [0.15, 0.2) is 9.84 Å². The van der Waals surface area contributed by atoms with Gasteiger partial charge in [0.2, 0.25) is 6.41 Å². The molecule has 1 N–H and O–H groups in total. The third-order valence-electron chi connectivity index (χ3n) is 4.70. The van der Waals surface area contributed by atoms with Crippen molar-refractivity contribution in [2.75, 3.05) is 11.5 Å². The quantitative estimate of drug-likeness (QED) is 0.393. The minimum atomic E-state index is -3.82. The number of carbonyl (C=O) groups excluding carboxylic acids is 1. The average Bonchev–Trinajstić information content (AvgIpc) is 2.67. The molecule has 9 heteroatoms. The van der Waals surface area contributed by atoms with Gasteiger partial charge >= 0.3 is 5.97 Å². The summed E-state index contributed by atoms with van der Waals surface area (Å²) in [6, 6.07) is 14.2. The normalized spacial score (nSPS) is 12.9. The lowest BCUT2D eigenvalue weighted by molar-refractivity contribution is -0.206. The van der Waals surface area contributed by atoms with Crippen molar-refractivity contribution in [2.45, 2.75) is 38.3 Å². The van der Waals surface area contributed by atoms with Crippen molar-refractivity contribution in [3.63, 3.8) is 0 Å². The highest BCUT2D eigenvalue weighted by Crippen LogP contribution is 2.25. The summed E-state index contributed by atoms with van der Waals surface area (Å²) in [5.41, 5.74) is 0.0231. The fourth-order valence-corrected chi connectivity index (χ4v) is 5.50. The van der Waals surface area contributed by atoms with Crippen LogP contribution in [0.25, 0.3) is 0 Å². The van der Waals surface area contributed by atoms with E-state index in [2.05, 4.69) is 0 Å². The number of hydrogen-bond acceptors (Lipinski definition) is 5. The Kier molecular flexibility index (Phi) is 8.29. The number of carboxylic acids is 1. The smallest absolute Gasteiger partial charge is 0.303 e. The first kappa shape index (κ1) is 24.5. The van der Waals surface area contributed by atoms with Gasteiger partial charge in [0.05, 0.1) is 23.5 Å². The molecule has 0 heterocycles. The minimum Gasteiger partial charge on any atom is -0.481 e. The van der Waals surface area contributed by atoms with Crippen molar-refractivity contribution in [1.29, 1.82) is 0 Å². The predicted molar refractivity (Wildman–Crippen MR) is 113 cm³/mol. The SMILES string of the molecule is CC(C)(CS(=O)(=O)CC(CC(=O)O)c1ccc(F)cc1)N(C=O)OCc1ccccc1. The number of halogens is 1. The molecule has 0 bridgehead atoms. The first-order valence-electron chi connectivity index (χ1n) is 9.61. The lowest BCUT2D eigenvalue weighted by Gasteiger charge is -2.34. The van der Waals surface area contributed by atoms with Gasteiger partial charge in [-0.25, -0.2) is 17.9 Å². The predicted octanol–water partition coefficient (Wildman–Crippen LogP) is 3.17. The van der Waals surface area contributed by atoms with E-state index in [1.807, 2.05) is 30.3 Å². The number of rotatable bonds is 12. The maximum Gasteiger partial charge on any atom is 0.303 e. The zero-order chi connectivity index (χ0) is 23.1. The first-order chi connectivity index (χ1) is 14.5. The fourth-order valence-electron chi connectivity index (χ4n) is 3.25. The van der Waals surface area contributed by atoms with Crippen molar-refractivity contribution in [3.05, 3.63) is 71.5 Å². The van der Waals surface area contributed by atoms with Crippen molar-refractivity contribution in [1.82, 2.24) is 5.06 Å². The van der Waals surface area contributed by atoms with Gasteiger partial charge in [-0.1, -0.05) is 42.5 Å². The summed E-state index contributed by atoms with van der Waals surface area (Å²) in [5.74, 6) is -3.41. The number of amides is 1. The molecule has 0 spiro atoms. The highest BCUT2D eigenvalue weighted by atomic mass is 32.2. The molecule has 7 nitrogen and oxygen atoms in total. The van der Waals surface area contributed by atoms with Gasteiger partial charge in [0.1, 0.15) is 12.4 Å². The Hall–Kier alpha value is -2.78. The van der Waals surface area contributed by atoms with E-state index in [0.29, 0.717) is 12.0 Å². The highest BCUT2D eigenvalue weighted by Gasteiger charge is 2.35. The second-order valence-electron chi connectivity index (χ2n) is 7.90. The van der Waals surface area contributed by atoms with Crippen molar-refractivity contribution in [3.8, 4) is 0 Å². The molecule has 0 fully saturated rings. The molecule has 0 aliphatic carbocycles. The molecule has 1 unspecified atom stereocenters. The summed E-state index contributed by atoms with van der Waals surface area (Å²) in [6.07, 6.45) is 0.000354. The van der Waals surface area contributed by atoms with Crippen LogP contribution in [0.2, 0.25) is 0 Å². The van der Waals surface area contributed by atoms with Gasteiger partial charge in [-0.2, -0.15) is 0 Å². The first-order valence-corrected chi connectivity index (χ1v) is 11.4. The summed E-state index contributed by atoms with van der Waals surface area (Å²) in [5, 5.41) is 10.2. The number of sulfone groups is 1. The monoisotopic (exact) mass is 451 g/mol. The molecule has 0 saturated heterocycles. The Bertz CT molecular complexity index is 977. The van der Waals surface area contributed by atoms with Gasteiger partial charge in [-0.15, -0.1) is 0 Å². The zero-order valence-corrected chi connectivity index (χ0v) is 18.2. The average molecular weight is 452 g/mol. The number of hydrogen-bond donors (Lipinski definition) is 1. The van der Waals surface area contributed by atoms with E-state index >= 15 is 0 Å². The number of nitrogens with zero attached hydrogens (tertiary/aromatic N) is 1. The maximum absolute atomic E-state index is 13.2. The van der Waals surface area contributed by atoms with E-state index in [-0.39, 0.29) is 6.61 Å². The lowest BCUT2D eigenvalue weighted by atomic mass is 9.98. The van der Waals surface area contributed by atoms with E-state index in [9.17, 15) is 27.5 Å². The highest BCUT2D eigenvalue weighted by molar-refractivity contribution is 7.91. The molecule has 2 rings (SSSR count). The van der Waals surface area contributed by atoms with E-state index in [1.54, 1.807) is 13.8 Å². The summed E-state index contributed by atoms with van der Waals surface area (Å²) in [4.78, 5) is 28.3. The Morgan fingerprint density at radius 1 is 1.16 bits per heavy atom. The Balaban J connectivity index is 2.13. The molecule has 1 atom stereocenters. The Morgan fingerprint density at radius 3 is 2.32 bits per heavy atom. The Labute approximate surface area is 181 Å². The summed E-state index contributed by atoms with van der Waals surface area (Å²) < 4.78 is 39.0. The largest absolute Gasteiger partial charge is 0.481 e. The Morgan fingerprint density at radius 2 is 1.77 bits per heavy atom. The molecule has 2 aromatic rings. The van der Waals surface area contributed by atoms with Gasteiger partial charge in [0.25, 0.3) is 0 Å². The van der Waals surface area contributed by atoms with E-state index in [0.717, 1.165) is 22.8 Å². The van der Waals surface area contributed by atoms with Crippen LogP contribution in [0.5, 0.6) is 0 Å². The topological polar surface area (TPSA) is 101 Å². The van der Waals surface area contributed by atoms with Crippen LogP contribution in [0.15, 0.2) is 54.6 Å². The maximum atomic E-state index is 13.2. The van der Waals surface area contributed by atoms with Crippen LogP contribution in [-0.4, -0.2) is 48.0 Å². The number of aliphatic carboxylic acids is 1. The molecule has 0 saturated carbocycles. The summed E-state index contributed by atoms with van der Waals surface area (Å²) in [6.45, 7) is 3.18. The lowest BCUT2D eigenvalue weighted by Crippen LogP contribution is -2.48. The zero-order valence-electron chi connectivity index (χ0n) is 17.4. The molecule has 0 radical (unpaired) electrons. The fraction of sp³-hybridized carbons (Fsp3) is 0.364. The van der Waals surface area contributed by atoms with Crippen molar-refractivity contribution in [2.24, 2.45) is 0 Å². The molecule has 2 aromatic carbocycles. The van der Waals surface area contributed by atoms with Crippen LogP contribution >= 0.6 is 0 Å². The molecular weight excluding hydrogens is 425 g/mol. The van der Waals surface area contributed by atoms with Crippen LogP contribution < -0.4 is 0 Å². The minimum absolute atomic E-state index is 0.0836. The standard InChI is InChI=1S/C22H26FNO6S/c1-22(2,24(16-25)30-13-17-6-4-3-5-7-17)15-31(28,29)14-19(12-21(26)27)18-8-10-20(23)11-9-18/h3-11,16,19H,12-15H2,1-2H3,(H,26,27). The van der Waals surface area contributed by atoms with Crippen LogP contribution in [0, 0.1) is 5.82 Å². The van der Waals surface area contributed by atoms with Gasteiger partial charge in [-0.3, -0.25) is 14.4 Å². The number of benzene rings is 2. The number of carbonyl (C=O) groups is 2. The van der Waals surface area contributed by atoms with Crippen LogP contribution in [-0.2, 0) is 30.9 Å². The van der Waals surface area contributed by atoms with Crippen molar-refractivity contribution >= 4 is 22.2 Å². The third-order valence-corrected chi connectivity index (χ3v) is 6.75. The molecule has 0 aromatic heterocycles. The molecule has 31 heavy (non-hydrogen) atoms. The second-order valence-corrected chi connectivity index (χ2v) is 10.0. The van der Waals surface area contributed by atoms with Crippen molar-refractivity contribution < 1.29 is 32.3 Å². The van der Waals surface area contributed by atoms with Crippen LogP contribution in [0.1, 0.15) is 37.3 Å². The molecule has 1 amide bonds. The van der Waals surface area contributed by atoms with Crippen LogP contribution in [0.3, 0.4) is 0 Å². The van der Waals surface area contributed by atoms with E-state index in [4.69, 9.17) is 4.84 Å². The molecule has 0 aliphatic heterocycles. The van der Waals surface area contributed by atoms with E-state index in [1.165, 1.54) is 12.1 Å². The van der Waals surface area contributed by atoms with Gasteiger partial charge < -0.3 is 5.11 Å². The van der Waals surface area contributed by atoms with Gasteiger partial charge in [-0.05, 0) is 37.1 Å².